The fourth-order valence-corrected chi connectivity index (χ4v) is 2.20. The summed E-state index contributed by atoms with van der Waals surface area (Å²) >= 11 is 5.99. The van der Waals surface area contributed by atoms with Crippen molar-refractivity contribution in [3.05, 3.63) is 58.6 Å². The van der Waals surface area contributed by atoms with Crippen molar-refractivity contribution in [1.29, 1.82) is 0 Å². The second-order valence-electron chi connectivity index (χ2n) is 4.52. The van der Waals surface area contributed by atoms with Gasteiger partial charge >= 0.3 is 0 Å². The predicted molar refractivity (Wildman–Crippen MR) is 76.9 cm³/mol. The molecule has 19 heavy (non-hydrogen) atoms. The van der Waals surface area contributed by atoms with Crippen LogP contribution in [0.5, 0.6) is 0 Å². The van der Waals surface area contributed by atoms with Crippen LogP contribution in [0.25, 0.3) is 0 Å². The molecule has 0 amide bonds. The first kappa shape index (κ1) is 14.1. The van der Waals surface area contributed by atoms with Crippen molar-refractivity contribution in [2.75, 3.05) is 6.54 Å². The molecule has 0 aliphatic rings. The van der Waals surface area contributed by atoms with Crippen LogP contribution in [-0.4, -0.2) is 11.1 Å². The van der Waals surface area contributed by atoms with Crippen LogP contribution in [0.15, 0.2) is 36.5 Å². The van der Waals surface area contributed by atoms with Gasteiger partial charge in [-0.05, 0) is 36.7 Å². The highest BCUT2D eigenvalue weighted by Gasteiger charge is 2.07. The molecule has 2 nitrogen and oxygen atoms in total. The quantitative estimate of drug-likeness (QED) is 0.796. The van der Waals surface area contributed by atoms with Crippen LogP contribution in [-0.2, 0) is 13.1 Å². The molecule has 0 radical (unpaired) electrons. The van der Waals surface area contributed by atoms with Crippen molar-refractivity contribution in [3.63, 3.8) is 0 Å². The fraction of sp³-hybridized carbons (Fsp3) is 0.333. The van der Waals surface area contributed by atoms with E-state index in [2.05, 4.69) is 22.9 Å². The molecule has 0 saturated heterocycles. The second kappa shape index (κ2) is 6.73. The van der Waals surface area contributed by atoms with Crippen molar-refractivity contribution in [1.82, 2.24) is 9.88 Å². The molecule has 0 atom stereocenters. The number of hydrogen-bond acceptors (Lipinski definition) is 1. The maximum Gasteiger partial charge on any atom is 0.142 e. The first-order valence-electron chi connectivity index (χ1n) is 6.50. The predicted octanol–water partition coefficient (Wildman–Crippen LogP) is 3.83. The molecule has 0 saturated carbocycles. The number of nitrogens with zero attached hydrogens (tertiary/aromatic N) is 1. The number of rotatable bonds is 6. The van der Waals surface area contributed by atoms with Gasteiger partial charge in [-0.2, -0.15) is 0 Å². The molecule has 0 spiro atoms. The molecule has 1 N–H and O–H groups in total. The van der Waals surface area contributed by atoms with Gasteiger partial charge in [-0.1, -0.05) is 30.7 Å². The van der Waals surface area contributed by atoms with Gasteiger partial charge in [0.05, 0.1) is 5.02 Å². The molecular weight excluding hydrogens is 263 g/mol. The molecule has 1 aromatic carbocycles. The Morgan fingerprint density at radius 2 is 2.11 bits per heavy atom. The largest absolute Gasteiger partial charge is 0.346 e. The smallest absolute Gasteiger partial charge is 0.142 e. The normalized spacial score (nSPS) is 10.9. The fourth-order valence-electron chi connectivity index (χ4n) is 2.01. The lowest BCUT2D eigenvalue weighted by Crippen LogP contribution is -2.17. The van der Waals surface area contributed by atoms with Crippen LogP contribution in [0.1, 0.15) is 24.6 Å². The highest BCUT2D eigenvalue weighted by Crippen LogP contribution is 2.21. The number of benzene rings is 1. The zero-order valence-corrected chi connectivity index (χ0v) is 11.8. The van der Waals surface area contributed by atoms with Crippen LogP contribution in [0.4, 0.5) is 4.39 Å². The number of aromatic nitrogens is 1. The Morgan fingerprint density at radius 3 is 2.89 bits per heavy atom. The SMILES string of the molecule is CCCNCc1cccn1Cc1cccc(F)c1Cl. The molecule has 0 aliphatic heterocycles. The van der Waals surface area contributed by atoms with Crippen LogP contribution >= 0.6 is 11.6 Å². The molecule has 2 aromatic rings. The summed E-state index contributed by atoms with van der Waals surface area (Å²) in [6.45, 7) is 4.53. The zero-order chi connectivity index (χ0) is 13.7. The molecule has 1 aromatic heterocycles. The van der Waals surface area contributed by atoms with E-state index in [0.29, 0.717) is 6.54 Å². The van der Waals surface area contributed by atoms with Gasteiger partial charge in [-0.15, -0.1) is 0 Å². The summed E-state index contributed by atoms with van der Waals surface area (Å²) in [6, 6.07) is 8.99. The molecule has 0 bridgehead atoms. The van der Waals surface area contributed by atoms with E-state index in [4.69, 9.17) is 11.6 Å². The monoisotopic (exact) mass is 280 g/mol. The van der Waals surface area contributed by atoms with E-state index in [1.165, 1.54) is 11.8 Å². The van der Waals surface area contributed by atoms with Crippen molar-refractivity contribution in [2.45, 2.75) is 26.4 Å². The molecule has 1 heterocycles. The Bertz CT molecular complexity index is 537. The Morgan fingerprint density at radius 1 is 1.26 bits per heavy atom. The molecular formula is C15H18ClFN2. The van der Waals surface area contributed by atoms with Gasteiger partial charge in [-0.25, -0.2) is 4.39 Å². The second-order valence-corrected chi connectivity index (χ2v) is 4.90. The molecule has 4 heteroatoms. The van der Waals surface area contributed by atoms with Gasteiger partial charge in [0.2, 0.25) is 0 Å². The van der Waals surface area contributed by atoms with E-state index in [0.717, 1.165) is 25.1 Å². The van der Waals surface area contributed by atoms with E-state index in [1.807, 2.05) is 18.3 Å². The molecule has 0 aliphatic carbocycles. The third-order valence-electron chi connectivity index (χ3n) is 3.03. The first-order chi connectivity index (χ1) is 9.22. The summed E-state index contributed by atoms with van der Waals surface area (Å²) in [5.41, 5.74) is 1.98. The summed E-state index contributed by atoms with van der Waals surface area (Å²) < 4.78 is 15.5. The van der Waals surface area contributed by atoms with Crippen molar-refractivity contribution < 1.29 is 4.39 Å². The first-order valence-corrected chi connectivity index (χ1v) is 6.87. The highest BCUT2D eigenvalue weighted by atomic mass is 35.5. The van der Waals surface area contributed by atoms with Crippen LogP contribution < -0.4 is 5.32 Å². The van der Waals surface area contributed by atoms with Crippen molar-refractivity contribution >= 4 is 11.6 Å². The minimum atomic E-state index is -0.364. The van der Waals surface area contributed by atoms with E-state index in [1.54, 1.807) is 6.07 Å². The van der Waals surface area contributed by atoms with Gasteiger partial charge in [-0.3, -0.25) is 0 Å². The Hall–Kier alpha value is -1.32. The van der Waals surface area contributed by atoms with Crippen LogP contribution in [0.3, 0.4) is 0 Å². The van der Waals surface area contributed by atoms with Crippen LogP contribution in [0, 0.1) is 5.82 Å². The summed E-state index contributed by atoms with van der Waals surface area (Å²) in [5, 5.41) is 3.57. The Balaban J connectivity index is 2.11. The number of nitrogens with one attached hydrogen (secondary N) is 1. The lowest BCUT2D eigenvalue weighted by Gasteiger charge is -2.11. The summed E-state index contributed by atoms with van der Waals surface area (Å²) in [7, 11) is 0. The minimum absolute atomic E-state index is 0.212. The number of hydrogen-bond donors (Lipinski definition) is 1. The van der Waals surface area contributed by atoms with Gasteiger partial charge in [0, 0.05) is 25.0 Å². The van der Waals surface area contributed by atoms with Crippen molar-refractivity contribution in [3.8, 4) is 0 Å². The van der Waals surface area contributed by atoms with E-state index in [9.17, 15) is 4.39 Å². The highest BCUT2D eigenvalue weighted by molar-refractivity contribution is 6.31. The molecule has 2 rings (SSSR count). The molecule has 0 fully saturated rings. The summed E-state index contributed by atoms with van der Waals surface area (Å²) in [6.07, 6.45) is 3.10. The van der Waals surface area contributed by atoms with Gasteiger partial charge < -0.3 is 9.88 Å². The standard InChI is InChI=1S/C15H18ClFN2/c1-2-8-18-10-13-6-4-9-19(13)11-12-5-3-7-14(17)15(12)16/h3-7,9,18H,2,8,10-11H2,1H3. The Labute approximate surface area is 118 Å². The van der Waals surface area contributed by atoms with Crippen molar-refractivity contribution in [2.24, 2.45) is 0 Å². The molecule has 102 valence electrons. The maximum absolute atomic E-state index is 13.4. The van der Waals surface area contributed by atoms with E-state index < -0.39 is 0 Å². The zero-order valence-electron chi connectivity index (χ0n) is 11.0. The summed E-state index contributed by atoms with van der Waals surface area (Å²) in [4.78, 5) is 0. The van der Waals surface area contributed by atoms with Crippen LogP contribution in [0.2, 0.25) is 5.02 Å². The maximum atomic E-state index is 13.4. The lowest BCUT2D eigenvalue weighted by atomic mass is 10.2. The van der Waals surface area contributed by atoms with Gasteiger partial charge in [0.1, 0.15) is 5.82 Å². The van der Waals surface area contributed by atoms with E-state index >= 15 is 0 Å². The summed E-state index contributed by atoms with van der Waals surface area (Å²) in [5.74, 6) is -0.364. The van der Waals surface area contributed by atoms with Gasteiger partial charge in [0.15, 0.2) is 0 Å². The third kappa shape index (κ3) is 3.58. The lowest BCUT2D eigenvalue weighted by molar-refractivity contribution is 0.616. The topological polar surface area (TPSA) is 17.0 Å². The average molecular weight is 281 g/mol. The third-order valence-corrected chi connectivity index (χ3v) is 3.45. The van der Waals surface area contributed by atoms with E-state index in [-0.39, 0.29) is 10.8 Å². The number of halogens is 2. The minimum Gasteiger partial charge on any atom is -0.346 e. The Kier molecular flexibility index (Phi) is 5.00. The average Bonchev–Trinajstić information content (AvgIpc) is 2.83. The van der Waals surface area contributed by atoms with Gasteiger partial charge in [0.25, 0.3) is 0 Å². The molecule has 0 unspecified atom stereocenters.